The van der Waals surface area contributed by atoms with Crippen LogP contribution < -0.4 is 4.80 Å². The van der Waals surface area contributed by atoms with Gasteiger partial charge >= 0.3 is 25.2 Å². The van der Waals surface area contributed by atoms with E-state index in [1.807, 2.05) is 34.9 Å². The number of halogens is 1. The summed E-state index contributed by atoms with van der Waals surface area (Å²) in [5.74, 6) is 0. The monoisotopic (exact) mass is 288 g/mol. The number of rotatable bonds is 2. The average molecular weight is 289 g/mol. The van der Waals surface area contributed by atoms with Crippen LogP contribution in [0, 0.1) is 5.41 Å². The van der Waals surface area contributed by atoms with Gasteiger partial charge in [-0.2, -0.15) is 0 Å². The Kier molecular flexibility index (Phi) is 5.12. The van der Waals surface area contributed by atoms with Crippen molar-refractivity contribution in [2.45, 2.75) is 6.54 Å². The van der Waals surface area contributed by atoms with E-state index in [4.69, 9.17) is 5.41 Å². The first-order valence-corrected chi connectivity index (χ1v) is 6.29. The molecule has 5 heteroatoms. The second-order valence-corrected chi connectivity index (χ2v) is 3.80. The summed E-state index contributed by atoms with van der Waals surface area (Å²) in [7, 11) is 4.20. The third-order valence-corrected chi connectivity index (χ3v) is 2.90. The second kappa shape index (κ2) is 6.13. The zero-order valence-corrected chi connectivity index (χ0v) is 10.3. The molecule has 0 aliphatic rings. The molecule has 15 heavy (non-hydrogen) atoms. The summed E-state index contributed by atoms with van der Waals surface area (Å²) >= 11 is 5.16. The van der Waals surface area contributed by atoms with Gasteiger partial charge in [-0.25, -0.2) is 0 Å². The molecule has 0 amide bonds. The summed E-state index contributed by atoms with van der Waals surface area (Å²) in [6, 6.07) is 8.07. The van der Waals surface area contributed by atoms with Gasteiger partial charge < -0.3 is 4.57 Å². The molecule has 0 radical (unpaired) electrons. The predicted molar refractivity (Wildman–Crippen MR) is 61.7 cm³/mol. The van der Waals surface area contributed by atoms with Crippen LogP contribution in [0.2, 0.25) is 0 Å². The summed E-state index contributed by atoms with van der Waals surface area (Å²) in [5, 5.41) is 7.74. The van der Waals surface area contributed by atoms with E-state index >= 15 is 0 Å². The number of allylic oxidation sites excluding steroid dienone is 1. The van der Waals surface area contributed by atoms with E-state index in [0.29, 0.717) is 11.3 Å². The Hall–Kier alpha value is -0.541. The number of fused-ring (bicyclic) bond motifs is 1. The van der Waals surface area contributed by atoms with Crippen molar-refractivity contribution in [2.24, 2.45) is 0 Å². The number of nitrogens with one attached hydrogen (secondary N) is 1. The molecule has 1 N–H and O–H groups in total. The van der Waals surface area contributed by atoms with Gasteiger partial charge in [0.2, 0.25) is 0 Å². The van der Waals surface area contributed by atoms with Gasteiger partial charge in [-0.3, -0.25) is 5.41 Å². The molecule has 0 aliphatic carbocycles. The number of hydrogen-bond acceptors (Lipinski definition) is 2. The van der Waals surface area contributed by atoms with Crippen LogP contribution in [0.3, 0.4) is 0 Å². The Labute approximate surface area is 105 Å². The van der Waals surface area contributed by atoms with Crippen LogP contribution in [0.1, 0.15) is 0 Å². The van der Waals surface area contributed by atoms with E-state index in [1.165, 1.54) is 11.3 Å². The fourth-order valence-corrected chi connectivity index (χ4v) is 2.27. The van der Waals surface area contributed by atoms with E-state index in [-0.39, 0.29) is 0 Å². The molecule has 0 atom stereocenters. The van der Waals surface area contributed by atoms with Gasteiger partial charge in [0.1, 0.15) is 0 Å². The first-order valence-electron chi connectivity index (χ1n) is 4.18. The quantitative estimate of drug-likeness (QED) is 0.650. The Balaban J connectivity index is 0.000000531. The zero-order chi connectivity index (χ0) is 11.3. The fourth-order valence-electron chi connectivity index (χ4n) is 1.35. The van der Waals surface area contributed by atoms with Crippen molar-refractivity contribution in [3.63, 3.8) is 0 Å². The van der Waals surface area contributed by atoms with Gasteiger partial charge in [0.15, 0.2) is 4.80 Å². The minimum absolute atomic E-state index is 0.584. The van der Waals surface area contributed by atoms with Crippen molar-refractivity contribution in [3.05, 3.63) is 41.7 Å². The molecule has 2 aromatic rings. The third kappa shape index (κ3) is 2.73. The molecule has 1 heterocycles. The second-order valence-electron chi connectivity index (χ2n) is 2.77. The molecule has 2 nitrogen and oxygen atoms in total. The van der Waals surface area contributed by atoms with Crippen molar-refractivity contribution in [1.82, 2.24) is 4.57 Å². The van der Waals surface area contributed by atoms with E-state index < -0.39 is 0 Å². The number of hydrogen-bond donors (Lipinski definition) is 1. The Bertz CT molecular complexity index is 503. The molecule has 0 fully saturated rings. The van der Waals surface area contributed by atoms with Gasteiger partial charge in [-0.1, -0.05) is 29.5 Å². The first kappa shape index (κ1) is 12.5. The topological polar surface area (TPSA) is 28.8 Å². The van der Waals surface area contributed by atoms with E-state index in [1.54, 1.807) is 0 Å². The van der Waals surface area contributed by atoms with E-state index in [9.17, 15) is 0 Å². The van der Waals surface area contributed by atoms with Crippen molar-refractivity contribution < 1.29 is 15.1 Å². The van der Waals surface area contributed by atoms with Crippen LogP contribution in [0.25, 0.3) is 10.2 Å². The van der Waals surface area contributed by atoms with Crippen LogP contribution in [0.4, 0.5) is 0 Å². The first-order chi connectivity index (χ1) is 7.33. The van der Waals surface area contributed by atoms with Crippen molar-refractivity contribution >= 4 is 31.7 Å². The minimum atomic E-state index is 0.584. The van der Waals surface area contributed by atoms with Gasteiger partial charge in [0.25, 0.3) is 0 Å². The molecule has 1 aromatic heterocycles. The molecule has 84 valence electrons. The molecule has 0 saturated carbocycles. The SMILES string of the molecule is C=CCn1c(=N)sc2ccccc21.[Cl][Cu]. The third-order valence-electron chi connectivity index (χ3n) is 1.92. The molecule has 2 rings (SSSR count). The summed E-state index contributed by atoms with van der Waals surface area (Å²) in [5.41, 5.74) is 1.12. The van der Waals surface area contributed by atoms with Crippen LogP contribution >= 0.6 is 21.4 Å². The molecule has 0 aliphatic heterocycles. The number of benzene rings is 1. The van der Waals surface area contributed by atoms with Crippen molar-refractivity contribution in [1.29, 1.82) is 5.41 Å². The summed E-state index contributed by atoms with van der Waals surface area (Å²) in [4.78, 5) is 0.584. The number of nitrogens with zero attached hydrogens (tertiary/aromatic N) is 1. The van der Waals surface area contributed by atoms with Crippen LogP contribution in [-0.4, -0.2) is 4.57 Å². The van der Waals surface area contributed by atoms with Gasteiger partial charge in [-0.05, 0) is 12.1 Å². The molecular weight excluding hydrogens is 279 g/mol. The zero-order valence-electron chi connectivity index (χ0n) is 7.84. The number of thiazole rings is 1. The number of aromatic nitrogens is 1. The van der Waals surface area contributed by atoms with Gasteiger partial charge in [0.05, 0.1) is 10.2 Å². The van der Waals surface area contributed by atoms with E-state index in [2.05, 4.69) is 31.8 Å². The average Bonchev–Trinajstić information content (AvgIpc) is 2.59. The van der Waals surface area contributed by atoms with Gasteiger partial charge in [0, 0.05) is 6.54 Å². The Morgan fingerprint density at radius 2 is 2.13 bits per heavy atom. The van der Waals surface area contributed by atoms with Crippen LogP contribution in [0.15, 0.2) is 36.9 Å². The molecule has 0 unspecified atom stereocenters. The Morgan fingerprint density at radius 1 is 1.47 bits per heavy atom. The van der Waals surface area contributed by atoms with Crippen molar-refractivity contribution in [2.75, 3.05) is 0 Å². The summed E-state index contributed by atoms with van der Waals surface area (Å²) in [6.45, 7) is 4.40. The summed E-state index contributed by atoms with van der Waals surface area (Å²) in [6.07, 6.45) is 1.82. The normalized spacial score (nSPS) is 9.53. The van der Waals surface area contributed by atoms with Crippen molar-refractivity contribution in [3.8, 4) is 0 Å². The molecule has 0 saturated heterocycles. The maximum atomic E-state index is 7.74. The Morgan fingerprint density at radius 3 is 2.80 bits per heavy atom. The molecular formula is C10H10ClCuN2S. The summed E-state index contributed by atoms with van der Waals surface area (Å²) < 4.78 is 3.11. The van der Waals surface area contributed by atoms with E-state index in [0.717, 1.165) is 10.2 Å². The number of para-hydroxylation sites is 1. The maximum absolute atomic E-state index is 7.74. The van der Waals surface area contributed by atoms with Crippen LogP contribution in [0.5, 0.6) is 0 Å². The fraction of sp³-hybridized carbons (Fsp3) is 0.100. The predicted octanol–water partition coefficient (Wildman–Crippen LogP) is 3.06. The molecule has 0 spiro atoms. The molecule has 0 bridgehead atoms. The van der Waals surface area contributed by atoms with Gasteiger partial charge in [-0.15, -0.1) is 6.58 Å². The standard InChI is InChI=1S/C10H10N2S.ClH.Cu/c1-2-7-12-8-5-3-4-6-9(8)13-10(12)11;;/h2-6,11H,1,7H2;1H;/q;;+1/p-1. The van der Waals surface area contributed by atoms with Crippen LogP contribution in [-0.2, 0) is 21.6 Å². The molecule has 1 aromatic carbocycles.